The highest BCUT2D eigenvalue weighted by molar-refractivity contribution is 6.00. The zero-order valence-corrected chi connectivity index (χ0v) is 10.6. The van der Waals surface area contributed by atoms with Crippen LogP contribution >= 0.6 is 0 Å². The summed E-state index contributed by atoms with van der Waals surface area (Å²) in [5.41, 5.74) is 2.04. The Morgan fingerprint density at radius 3 is 2.59 bits per heavy atom. The van der Waals surface area contributed by atoms with Gasteiger partial charge < -0.3 is 5.32 Å². The summed E-state index contributed by atoms with van der Waals surface area (Å²) >= 11 is 0. The van der Waals surface area contributed by atoms with Crippen molar-refractivity contribution in [2.75, 3.05) is 5.32 Å². The van der Waals surface area contributed by atoms with Gasteiger partial charge in [0.15, 0.2) is 0 Å². The van der Waals surface area contributed by atoms with Gasteiger partial charge in [-0.1, -0.05) is 50.3 Å². The molecule has 0 unspecified atom stereocenters. The monoisotopic (exact) mass is 229 g/mol. The summed E-state index contributed by atoms with van der Waals surface area (Å²) in [5.74, 6) is 0.294. The van der Waals surface area contributed by atoms with Crippen molar-refractivity contribution >= 4 is 11.6 Å². The van der Waals surface area contributed by atoms with Crippen molar-refractivity contribution in [1.29, 1.82) is 0 Å². The number of para-hydroxylation sites is 1. The zero-order chi connectivity index (χ0) is 12.7. The Labute approximate surface area is 103 Å². The molecule has 0 aromatic heterocycles. The van der Waals surface area contributed by atoms with Gasteiger partial charge in [0.25, 0.3) is 0 Å². The van der Waals surface area contributed by atoms with E-state index in [0.717, 1.165) is 11.3 Å². The van der Waals surface area contributed by atoms with E-state index in [1.54, 1.807) is 6.08 Å². The number of hydrogen-bond acceptors (Lipinski definition) is 1. The minimum atomic E-state index is -0.101. The van der Waals surface area contributed by atoms with Gasteiger partial charge in [0, 0.05) is 11.8 Å². The smallest absolute Gasteiger partial charge is 0.248 e. The topological polar surface area (TPSA) is 29.1 Å². The van der Waals surface area contributed by atoms with Gasteiger partial charge in [0.1, 0.15) is 0 Å². The summed E-state index contributed by atoms with van der Waals surface area (Å²) in [6, 6.07) is 7.88. The second-order valence-electron chi connectivity index (χ2n) is 4.12. The molecule has 1 aromatic rings. The van der Waals surface area contributed by atoms with Crippen molar-refractivity contribution in [2.45, 2.75) is 26.7 Å². The van der Waals surface area contributed by atoms with E-state index in [9.17, 15) is 4.79 Å². The lowest BCUT2D eigenvalue weighted by molar-refractivity contribution is -0.111. The van der Waals surface area contributed by atoms with Crippen LogP contribution in [0.15, 0.2) is 48.6 Å². The van der Waals surface area contributed by atoms with Crippen LogP contribution in [0.5, 0.6) is 0 Å². The highest BCUT2D eigenvalue weighted by Crippen LogP contribution is 2.23. The molecule has 2 nitrogen and oxygen atoms in total. The maximum atomic E-state index is 11.6. The second kappa shape index (κ2) is 6.69. The van der Waals surface area contributed by atoms with Gasteiger partial charge in [-0.2, -0.15) is 0 Å². The fourth-order valence-electron chi connectivity index (χ4n) is 1.54. The Balaban J connectivity index is 2.78. The molecule has 1 amide bonds. The first-order chi connectivity index (χ1) is 8.15. The van der Waals surface area contributed by atoms with Gasteiger partial charge in [-0.3, -0.25) is 4.79 Å². The van der Waals surface area contributed by atoms with Crippen molar-refractivity contribution in [1.82, 2.24) is 0 Å². The van der Waals surface area contributed by atoms with Crippen molar-refractivity contribution in [2.24, 2.45) is 0 Å². The predicted molar refractivity (Wildman–Crippen MR) is 73.1 cm³/mol. The molecule has 0 fully saturated rings. The molecule has 0 atom stereocenters. The number of allylic oxidation sites excluding steroid dienone is 3. The summed E-state index contributed by atoms with van der Waals surface area (Å²) in [5, 5.41) is 2.89. The molecule has 1 rings (SSSR count). The fourth-order valence-corrected chi connectivity index (χ4v) is 1.54. The maximum Gasteiger partial charge on any atom is 0.248 e. The molecule has 90 valence electrons. The number of anilines is 1. The fraction of sp³-hybridized carbons (Fsp3) is 0.267. The van der Waals surface area contributed by atoms with Crippen molar-refractivity contribution in [3.63, 3.8) is 0 Å². The Morgan fingerprint density at radius 2 is 1.94 bits per heavy atom. The highest BCUT2D eigenvalue weighted by Gasteiger charge is 2.06. The lowest BCUT2D eigenvalue weighted by Crippen LogP contribution is -2.10. The average molecular weight is 229 g/mol. The van der Waals surface area contributed by atoms with Crippen LogP contribution in [0.3, 0.4) is 0 Å². The number of carbonyl (C=O) groups excluding carboxylic acids is 1. The summed E-state index contributed by atoms with van der Waals surface area (Å²) < 4.78 is 0. The third kappa shape index (κ3) is 4.27. The molecule has 0 aliphatic heterocycles. The predicted octanol–water partition coefficient (Wildman–Crippen LogP) is 3.88. The maximum absolute atomic E-state index is 11.6. The van der Waals surface area contributed by atoms with E-state index < -0.39 is 0 Å². The summed E-state index contributed by atoms with van der Waals surface area (Å²) in [4.78, 5) is 11.6. The molecule has 0 bridgehead atoms. The Hall–Kier alpha value is -1.83. The first-order valence-electron chi connectivity index (χ1n) is 5.84. The largest absolute Gasteiger partial charge is 0.322 e. The van der Waals surface area contributed by atoms with Gasteiger partial charge >= 0.3 is 0 Å². The summed E-state index contributed by atoms with van der Waals surface area (Å²) in [7, 11) is 0. The van der Waals surface area contributed by atoms with Crippen molar-refractivity contribution < 1.29 is 4.79 Å². The number of nitrogens with one attached hydrogen (secondary N) is 1. The van der Waals surface area contributed by atoms with Crippen LogP contribution in [-0.2, 0) is 4.79 Å². The van der Waals surface area contributed by atoms with Crippen LogP contribution in [0.4, 0.5) is 5.69 Å². The van der Waals surface area contributed by atoms with E-state index >= 15 is 0 Å². The highest BCUT2D eigenvalue weighted by atomic mass is 16.1. The lowest BCUT2D eigenvalue weighted by atomic mass is 10.0. The van der Waals surface area contributed by atoms with Gasteiger partial charge in [-0.15, -0.1) is 0 Å². The molecular formula is C15H19NO. The van der Waals surface area contributed by atoms with E-state index in [1.165, 1.54) is 6.08 Å². The number of hydrogen-bond donors (Lipinski definition) is 1. The molecule has 2 heteroatoms. The molecule has 0 spiro atoms. The van der Waals surface area contributed by atoms with Crippen LogP contribution < -0.4 is 5.32 Å². The second-order valence-corrected chi connectivity index (χ2v) is 4.12. The molecular weight excluding hydrogens is 210 g/mol. The van der Waals surface area contributed by atoms with Gasteiger partial charge in [0.05, 0.1) is 0 Å². The Bertz CT molecular complexity index is 430. The molecule has 0 heterocycles. The van der Waals surface area contributed by atoms with E-state index in [-0.39, 0.29) is 5.91 Å². The standard InChI is InChI=1S/C15H19NO/c1-4-5-6-11-15(17)16-14-10-8-7-9-13(14)12(2)3/h4-12H,1-3H3,(H,16,17)/b5-4+,11-6+. The van der Waals surface area contributed by atoms with Crippen LogP contribution in [0.1, 0.15) is 32.3 Å². The summed E-state index contributed by atoms with van der Waals surface area (Å²) in [6.07, 6.45) is 6.96. The van der Waals surface area contributed by atoms with Crippen LogP contribution in [-0.4, -0.2) is 5.91 Å². The van der Waals surface area contributed by atoms with E-state index in [1.807, 2.05) is 43.3 Å². The van der Waals surface area contributed by atoms with Crippen molar-refractivity contribution in [3.05, 3.63) is 54.1 Å². The quantitative estimate of drug-likeness (QED) is 0.616. The lowest BCUT2D eigenvalue weighted by Gasteiger charge is -2.12. The third-order valence-electron chi connectivity index (χ3n) is 2.39. The van der Waals surface area contributed by atoms with E-state index in [4.69, 9.17) is 0 Å². The van der Waals surface area contributed by atoms with Gasteiger partial charge in [0.2, 0.25) is 5.91 Å². The molecule has 1 N–H and O–H groups in total. The Morgan fingerprint density at radius 1 is 1.24 bits per heavy atom. The number of carbonyl (C=O) groups is 1. The van der Waals surface area contributed by atoms with E-state index in [2.05, 4.69) is 19.2 Å². The van der Waals surface area contributed by atoms with Crippen LogP contribution in [0.25, 0.3) is 0 Å². The first-order valence-corrected chi connectivity index (χ1v) is 5.84. The minimum absolute atomic E-state index is 0.101. The first kappa shape index (κ1) is 13.2. The van der Waals surface area contributed by atoms with Crippen molar-refractivity contribution in [3.8, 4) is 0 Å². The van der Waals surface area contributed by atoms with Gasteiger partial charge in [-0.05, 0) is 24.5 Å². The number of amides is 1. The SMILES string of the molecule is C/C=C/C=C/C(=O)Nc1ccccc1C(C)C. The molecule has 0 saturated carbocycles. The van der Waals surface area contributed by atoms with E-state index in [0.29, 0.717) is 5.92 Å². The molecule has 0 saturated heterocycles. The zero-order valence-electron chi connectivity index (χ0n) is 10.6. The minimum Gasteiger partial charge on any atom is -0.322 e. The normalized spacial score (nSPS) is 11.5. The number of benzene rings is 1. The third-order valence-corrected chi connectivity index (χ3v) is 2.39. The van der Waals surface area contributed by atoms with Crippen LogP contribution in [0.2, 0.25) is 0 Å². The van der Waals surface area contributed by atoms with Crippen LogP contribution in [0, 0.1) is 0 Å². The summed E-state index contributed by atoms with van der Waals surface area (Å²) in [6.45, 7) is 6.14. The average Bonchev–Trinajstić information content (AvgIpc) is 2.29. The Kier molecular flexibility index (Phi) is 5.21. The van der Waals surface area contributed by atoms with Gasteiger partial charge in [-0.25, -0.2) is 0 Å². The number of rotatable bonds is 4. The molecule has 0 aliphatic carbocycles. The molecule has 0 aliphatic rings. The molecule has 17 heavy (non-hydrogen) atoms. The molecule has 0 radical (unpaired) electrons. The molecule has 1 aromatic carbocycles.